The molecule has 0 aliphatic carbocycles. The monoisotopic (exact) mass is 524 g/mol. The van der Waals surface area contributed by atoms with Crippen molar-refractivity contribution in [1.29, 1.82) is 0 Å². The lowest BCUT2D eigenvalue weighted by atomic mass is 9.91. The summed E-state index contributed by atoms with van der Waals surface area (Å²) < 4.78 is 11.9. The van der Waals surface area contributed by atoms with Crippen molar-refractivity contribution >= 4 is 29.0 Å². The van der Waals surface area contributed by atoms with Crippen LogP contribution in [-0.2, 0) is 14.3 Å². The van der Waals surface area contributed by atoms with Gasteiger partial charge in [-0.05, 0) is 56.0 Å². The average molecular weight is 525 g/mol. The highest BCUT2D eigenvalue weighted by atomic mass is 16.6. The molecule has 5 atom stereocenters. The maximum Gasteiger partial charge on any atom is 0.410 e. The van der Waals surface area contributed by atoms with Crippen LogP contribution in [0.5, 0.6) is 0 Å². The molecule has 1 saturated heterocycles. The van der Waals surface area contributed by atoms with Gasteiger partial charge < -0.3 is 24.4 Å². The summed E-state index contributed by atoms with van der Waals surface area (Å²) in [6.07, 6.45) is 6.53. The fourth-order valence-electron chi connectivity index (χ4n) is 5.02. The quantitative estimate of drug-likeness (QED) is 0.462. The zero-order valence-corrected chi connectivity index (χ0v) is 22.8. The summed E-state index contributed by atoms with van der Waals surface area (Å²) in [5.41, 5.74) is 2.77. The highest BCUT2D eigenvalue weighted by Crippen LogP contribution is 2.26. The lowest BCUT2D eigenvalue weighted by molar-refractivity contribution is -0.151. The first-order valence-corrected chi connectivity index (χ1v) is 13.5. The lowest BCUT2D eigenvalue weighted by Gasteiger charge is -2.33. The molecule has 9 heteroatoms. The van der Waals surface area contributed by atoms with Crippen LogP contribution in [0.1, 0.15) is 45.6 Å². The van der Waals surface area contributed by atoms with Gasteiger partial charge in [0.05, 0.1) is 24.2 Å². The van der Waals surface area contributed by atoms with Gasteiger partial charge in [-0.1, -0.05) is 38.1 Å². The van der Waals surface area contributed by atoms with Gasteiger partial charge in [0.1, 0.15) is 12.2 Å². The Labute approximate surface area is 224 Å². The molecule has 1 aromatic carbocycles. The van der Waals surface area contributed by atoms with E-state index in [0.717, 1.165) is 35.1 Å². The molecule has 2 aliphatic rings. The Morgan fingerprint density at radius 2 is 1.95 bits per heavy atom. The number of aromatic nitrogens is 2. The van der Waals surface area contributed by atoms with E-state index in [1.807, 2.05) is 64.2 Å². The number of hydrogen-bond acceptors (Lipinski definition) is 7. The van der Waals surface area contributed by atoms with Crippen molar-refractivity contribution in [2.24, 2.45) is 11.8 Å². The van der Waals surface area contributed by atoms with E-state index >= 15 is 0 Å². The number of aromatic amines is 1. The molecule has 1 amide bonds. The van der Waals surface area contributed by atoms with E-state index in [-0.39, 0.29) is 24.3 Å². The number of carbonyl (C=O) groups is 2. The van der Waals surface area contributed by atoms with Crippen LogP contribution >= 0.6 is 0 Å². The first-order valence-electron chi connectivity index (χ1n) is 13.5. The zero-order valence-electron chi connectivity index (χ0n) is 22.8. The minimum Gasteiger partial charge on any atom is -0.457 e. The van der Waals surface area contributed by atoms with E-state index in [9.17, 15) is 14.7 Å². The number of likely N-dealkylation sites (N-methyl/N-ethyl adjacent to an activating group) is 1. The molecule has 1 aromatic heterocycles. The van der Waals surface area contributed by atoms with E-state index in [1.54, 1.807) is 11.1 Å². The maximum atomic E-state index is 12.9. The summed E-state index contributed by atoms with van der Waals surface area (Å²) in [5, 5.41) is 18.6. The van der Waals surface area contributed by atoms with Crippen molar-refractivity contribution in [2.75, 3.05) is 33.2 Å². The van der Waals surface area contributed by atoms with Crippen LogP contribution in [0, 0.1) is 11.8 Å². The summed E-state index contributed by atoms with van der Waals surface area (Å²) >= 11 is 0. The van der Waals surface area contributed by atoms with Crippen LogP contribution < -0.4 is 0 Å². The smallest absolute Gasteiger partial charge is 0.410 e. The van der Waals surface area contributed by atoms with Crippen LogP contribution in [0.2, 0.25) is 0 Å². The van der Waals surface area contributed by atoms with Gasteiger partial charge in [0.25, 0.3) is 0 Å². The Morgan fingerprint density at radius 3 is 2.71 bits per heavy atom. The van der Waals surface area contributed by atoms with Gasteiger partial charge in [-0.2, -0.15) is 5.10 Å². The fourth-order valence-corrected chi connectivity index (χ4v) is 5.02. The second-order valence-electron chi connectivity index (χ2n) is 10.8. The molecular formula is C29H40N4O5. The van der Waals surface area contributed by atoms with Gasteiger partial charge in [-0.25, -0.2) is 4.79 Å². The van der Waals surface area contributed by atoms with Gasteiger partial charge in [0.15, 0.2) is 0 Å². The van der Waals surface area contributed by atoms with Crippen LogP contribution in [0.25, 0.3) is 17.0 Å². The number of nitrogens with zero attached hydrogens (tertiary/aromatic N) is 3. The molecule has 0 unspecified atom stereocenters. The second-order valence-corrected chi connectivity index (χ2v) is 10.8. The number of hydrogen-bond donors (Lipinski definition) is 2. The topological polar surface area (TPSA) is 108 Å². The molecular weight excluding hydrogens is 484 g/mol. The minimum absolute atomic E-state index is 0.0174. The molecule has 3 heterocycles. The summed E-state index contributed by atoms with van der Waals surface area (Å²) in [4.78, 5) is 29.6. The summed E-state index contributed by atoms with van der Waals surface area (Å²) in [6.45, 7) is 8.86. The van der Waals surface area contributed by atoms with Crippen LogP contribution in [0.4, 0.5) is 4.79 Å². The average Bonchev–Trinajstić information content (AvgIpc) is 3.35. The van der Waals surface area contributed by atoms with E-state index in [2.05, 4.69) is 15.1 Å². The van der Waals surface area contributed by atoms with E-state index < -0.39 is 24.3 Å². The van der Waals surface area contributed by atoms with E-state index in [1.165, 1.54) is 0 Å². The summed E-state index contributed by atoms with van der Waals surface area (Å²) in [6, 6.07) is 5.99. The normalized spacial score (nSPS) is 29.3. The molecule has 2 aromatic rings. The SMILES string of the molecule is C/C(=C\c1ccc2cn[nH]c2c1)[C@H]1OC(=O)C[C@H](O)CC[C@H](C)[C@@H](OC(=O)N2CCN(C)CC2)/C=C\[C@@H]1C. The lowest BCUT2D eigenvalue weighted by Crippen LogP contribution is -2.48. The largest absolute Gasteiger partial charge is 0.457 e. The number of amides is 1. The molecule has 0 spiro atoms. The third-order valence-corrected chi connectivity index (χ3v) is 7.57. The highest BCUT2D eigenvalue weighted by molar-refractivity contribution is 5.80. The van der Waals surface area contributed by atoms with Crippen molar-refractivity contribution in [3.05, 3.63) is 47.7 Å². The third-order valence-electron chi connectivity index (χ3n) is 7.57. The Bertz CT molecular complexity index is 1170. The summed E-state index contributed by atoms with van der Waals surface area (Å²) in [7, 11) is 2.04. The molecule has 38 heavy (non-hydrogen) atoms. The number of benzene rings is 1. The minimum atomic E-state index is -0.814. The highest BCUT2D eigenvalue weighted by Gasteiger charge is 2.29. The summed E-state index contributed by atoms with van der Waals surface area (Å²) in [5.74, 6) is -0.623. The van der Waals surface area contributed by atoms with Crippen molar-refractivity contribution in [1.82, 2.24) is 20.0 Å². The maximum absolute atomic E-state index is 12.9. The first-order chi connectivity index (χ1) is 18.2. The Kier molecular flexibility index (Phi) is 9.22. The molecule has 206 valence electrons. The van der Waals surface area contributed by atoms with Crippen LogP contribution in [0.3, 0.4) is 0 Å². The number of fused-ring (bicyclic) bond motifs is 1. The third kappa shape index (κ3) is 7.23. The number of aliphatic hydroxyl groups is 1. The number of nitrogens with one attached hydrogen (secondary N) is 1. The standard InChI is InChI=1S/C29H40N4O5/c1-19-5-9-24(34)17-27(35)38-28(21(3)15-22-7-8-23-18-30-31-25(23)16-22)20(2)6-10-26(19)37-29(36)33-13-11-32(4)12-14-33/h6-8,10,15-16,18-20,24,26,28,34H,5,9,11-14,17H2,1-4H3,(H,30,31)/b10-6-,21-15+/t19-,20-,24+,26-,28-/m0/s1. The molecule has 1 fully saturated rings. The van der Waals surface area contributed by atoms with Crippen LogP contribution in [0.15, 0.2) is 42.1 Å². The first kappa shape index (κ1) is 27.9. The Hall–Kier alpha value is -3.17. The van der Waals surface area contributed by atoms with E-state index in [0.29, 0.717) is 25.9 Å². The van der Waals surface area contributed by atoms with Crippen molar-refractivity contribution in [2.45, 2.75) is 58.3 Å². The Morgan fingerprint density at radius 1 is 1.18 bits per heavy atom. The number of carbonyl (C=O) groups excluding carboxylic acids is 2. The van der Waals surface area contributed by atoms with Gasteiger partial charge in [0.2, 0.25) is 0 Å². The molecule has 0 bridgehead atoms. The van der Waals surface area contributed by atoms with Gasteiger partial charge in [0, 0.05) is 37.5 Å². The second kappa shape index (κ2) is 12.6. The number of esters is 1. The Balaban J connectivity index is 1.55. The fraction of sp³-hybridized carbons (Fsp3) is 0.552. The number of cyclic esters (lactones) is 1. The number of H-pyrrole nitrogens is 1. The number of rotatable bonds is 3. The zero-order chi connectivity index (χ0) is 27.2. The van der Waals surface area contributed by atoms with Gasteiger partial charge in [-0.3, -0.25) is 9.89 Å². The number of ether oxygens (including phenoxy) is 2. The van der Waals surface area contributed by atoms with Crippen molar-refractivity contribution < 1.29 is 24.2 Å². The molecule has 4 rings (SSSR count). The number of aliphatic hydroxyl groups excluding tert-OH is 1. The molecule has 0 saturated carbocycles. The number of piperazine rings is 1. The van der Waals surface area contributed by atoms with Crippen LogP contribution in [-0.4, -0.2) is 88.7 Å². The molecule has 2 aliphatic heterocycles. The predicted molar refractivity (Wildman–Crippen MR) is 146 cm³/mol. The van der Waals surface area contributed by atoms with Gasteiger partial charge >= 0.3 is 12.1 Å². The van der Waals surface area contributed by atoms with Crippen molar-refractivity contribution in [3.8, 4) is 0 Å². The van der Waals surface area contributed by atoms with Crippen molar-refractivity contribution in [3.63, 3.8) is 0 Å². The predicted octanol–water partition coefficient (Wildman–Crippen LogP) is 4.00. The van der Waals surface area contributed by atoms with E-state index in [4.69, 9.17) is 9.47 Å². The molecule has 0 radical (unpaired) electrons. The molecule has 2 N–H and O–H groups in total. The van der Waals surface area contributed by atoms with Gasteiger partial charge in [-0.15, -0.1) is 0 Å². The molecule has 9 nitrogen and oxygen atoms in total.